The van der Waals surface area contributed by atoms with Crippen molar-refractivity contribution >= 4 is 35.2 Å². The minimum atomic E-state index is -0.314. The van der Waals surface area contributed by atoms with E-state index in [1.807, 2.05) is 0 Å². The van der Waals surface area contributed by atoms with E-state index >= 15 is 0 Å². The van der Waals surface area contributed by atoms with E-state index in [-0.39, 0.29) is 30.0 Å². The molecule has 0 atom stereocenters. The van der Waals surface area contributed by atoms with Crippen LogP contribution in [0.5, 0.6) is 0 Å². The Hall–Kier alpha value is -2.77. The first-order valence-electron chi connectivity index (χ1n) is 10.8. The molecule has 1 aromatic heterocycles. The molecule has 8 heteroatoms. The molecule has 3 heterocycles. The molecule has 2 aliphatic heterocycles. The van der Waals surface area contributed by atoms with Gasteiger partial charge in [0.05, 0.1) is 16.8 Å². The van der Waals surface area contributed by atoms with Crippen LogP contribution in [-0.4, -0.2) is 52.9 Å². The van der Waals surface area contributed by atoms with Gasteiger partial charge in [0.1, 0.15) is 5.82 Å². The number of fused-ring (bicyclic) bond motifs is 2. The van der Waals surface area contributed by atoms with Crippen molar-refractivity contribution in [1.29, 1.82) is 0 Å². The number of hydrogen-bond acceptors (Lipinski definition) is 5. The Kier molecular flexibility index (Phi) is 6.58. The lowest BCUT2D eigenvalue weighted by Crippen LogP contribution is -2.35. The molecule has 32 heavy (non-hydrogen) atoms. The number of likely N-dealkylation sites (tertiary alicyclic amines) is 1. The highest BCUT2D eigenvalue weighted by atomic mass is 35.5. The van der Waals surface area contributed by atoms with Gasteiger partial charge in [0.2, 0.25) is 0 Å². The zero-order valence-corrected chi connectivity index (χ0v) is 18.4. The summed E-state index contributed by atoms with van der Waals surface area (Å²) in [5, 5.41) is 5.11. The molecule has 2 aromatic carbocycles. The number of piperidine rings is 1. The third kappa shape index (κ3) is 4.14. The molecule has 1 fully saturated rings. The minimum absolute atomic E-state index is 0. The summed E-state index contributed by atoms with van der Waals surface area (Å²) in [6, 6.07) is 11.6. The van der Waals surface area contributed by atoms with Crippen molar-refractivity contribution in [1.82, 2.24) is 15.0 Å². The second-order valence-electron chi connectivity index (χ2n) is 8.34. The van der Waals surface area contributed by atoms with Gasteiger partial charge in [-0.05, 0) is 69.6 Å². The molecule has 168 valence electrons. The first-order chi connectivity index (χ1) is 15.1. The van der Waals surface area contributed by atoms with Gasteiger partial charge in [0.15, 0.2) is 5.58 Å². The highest BCUT2D eigenvalue weighted by molar-refractivity contribution is 6.21. The molecule has 0 N–H and O–H groups in total. The lowest BCUT2D eigenvalue weighted by molar-refractivity contribution is 0.0649. The normalized spacial score (nSPS) is 17.1. The second-order valence-corrected chi connectivity index (χ2v) is 8.34. The van der Waals surface area contributed by atoms with Crippen LogP contribution >= 0.6 is 12.4 Å². The standard InChI is InChI=1S/C24H24FN3O3.ClH/c25-17-7-8-20-21(15-17)31-26-22(20)16-9-13-27(14-10-16)11-3-4-12-28-23(29)18-5-1-2-6-19(18)24(28)30;/h1-2,5-8,15-16H,3-4,9-14H2;1H. The first kappa shape index (κ1) is 22.4. The third-order valence-corrected chi connectivity index (χ3v) is 6.42. The highest BCUT2D eigenvalue weighted by Crippen LogP contribution is 2.33. The molecule has 2 amide bonds. The van der Waals surface area contributed by atoms with E-state index in [1.165, 1.54) is 17.0 Å². The van der Waals surface area contributed by atoms with E-state index in [2.05, 4.69) is 10.1 Å². The Labute approximate surface area is 191 Å². The Balaban J connectivity index is 0.00000245. The zero-order valence-electron chi connectivity index (χ0n) is 17.6. The molecule has 5 rings (SSSR count). The van der Waals surface area contributed by atoms with E-state index < -0.39 is 0 Å². The van der Waals surface area contributed by atoms with Gasteiger partial charge in [-0.2, -0.15) is 0 Å². The molecule has 6 nitrogen and oxygen atoms in total. The number of imide groups is 1. The van der Waals surface area contributed by atoms with Crippen molar-refractivity contribution in [2.45, 2.75) is 31.6 Å². The Morgan fingerprint density at radius 1 is 0.969 bits per heavy atom. The van der Waals surface area contributed by atoms with Crippen LogP contribution in [-0.2, 0) is 0 Å². The van der Waals surface area contributed by atoms with Gasteiger partial charge in [-0.1, -0.05) is 17.3 Å². The van der Waals surface area contributed by atoms with Gasteiger partial charge in [0, 0.05) is 23.9 Å². The van der Waals surface area contributed by atoms with Crippen molar-refractivity contribution in [2.75, 3.05) is 26.2 Å². The monoisotopic (exact) mass is 457 g/mol. The summed E-state index contributed by atoms with van der Waals surface area (Å²) < 4.78 is 18.7. The van der Waals surface area contributed by atoms with E-state index in [9.17, 15) is 14.0 Å². The highest BCUT2D eigenvalue weighted by Gasteiger charge is 2.34. The summed E-state index contributed by atoms with van der Waals surface area (Å²) in [4.78, 5) is 28.6. The summed E-state index contributed by atoms with van der Waals surface area (Å²) in [5.41, 5.74) is 2.46. The van der Waals surface area contributed by atoms with Crippen LogP contribution < -0.4 is 0 Å². The number of hydrogen-bond donors (Lipinski definition) is 0. The van der Waals surface area contributed by atoms with Gasteiger partial charge in [-0.15, -0.1) is 12.4 Å². The average molecular weight is 458 g/mol. The molecule has 0 aliphatic carbocycles. The largest absolute Gasteiger partial charge is 0.356 e. The topological polar surface area (TPSA) is 66.7 Å². The van der Waals surface area contributed by atoms with Crippen LogP contribution in [0, 0.1) is 5.82 Å². The Morgan fingerprint density at radius 3 is 2.31 bits per heavy atom. The number of nitrogens with zero attached hydrogens (tertiary/aromatic N) is 3. The second kappa shape index (κ2) is 9.38. The maximum Gasteiger partial charge on any atom is 0.261 e. The lowest BCUT2D eigenvalue weighted by atomic mass is 9.91. The fourth-order valence-electron chi connectivity index (χ4n) is 4.70. The van der Waals surface area contributed by atoms with Crippen LogP contribution in [0.2, 0.25) is 0 Å². The summed E-state index contributed by atoms with van der Waals surface area (Å²) in [6.07, 6.45) is 3.70. The molecular weight excluding hydrogens is 433 g/mol. The smallest absolute Gasteiger partial charge is 0.261 e. The van der Waals surface area contributed by atoms with Gasteiger partial charge in [-0.25, -0.2) is 4.39 Å². The molecular formula is C24H25ClFN3O3. The SMILES string of the molecule is Cl.O=C1c2ccccc2C(=O)N1CCCCN1CCC(c2noc3cc(F)ccc23)CC1. The minimum Gasteiger partial charge on any atom is -0.356 e. The predicted octanol–water partition coefficient (Wildman–Crippen LogP) is 4.64. The van der Waals surface area contributed by atoms with Crippen molar-refractivity contribution in [3.05, 3.63) is 65.1 Å². The zero-order chi connectivity index (χ0) is 21.4. The fraction of sp³-hybridized carbons (Fsp3) is 0.375. The number of unbranched alkanes of at least 4 members (excludes halogenated alkanes) is 1. The van der Waals surface area contributed by atoms with Crippen molar-refractivity contribution < 1.29 is 18.5 Å². The Morgan fingerprint density at radius 2 is 1.62 bits per heavy atom. The molecule has 0 bridgehead atoms. The number of benzene rings is 2. The van der Waals surface area contributed by atoms with Crippen LogP contribution in [0.15, 0.2) is 47.0 Å². The fourth-order valence-corrected chi connectivity index (χ4v) is 4.70. The number of amides is 2. The number of carbonyl (C=O) groups excluding carboxylic acids is 2. The van der Waals surface area contributed by atoms with Gasteiger partial charge >= 0.3 is 0 Å². The quantitative estimate of drug-likeness (QED) is 0.398. The van der Waals surface area contributed by atoms with Gasteiger partial charge in [0.25, 0.3) is 11.8 Å². The van der Waals surface area contributed by atoms with E-state index in [4.69, 9.17) is 4.52 Å². The maximum absolute atomic E-state index is 13.4. The number of halogens is 2. The molecule has 0 unspecified atom stereocenters. The predicted molar refractivity (Wildman–Crippen MR) is 121 cm³/mol. The van der Waals surface area contributed by atoms with Gasteiger partial charge in [-0.3, -0.25) is 14.5 Å². The number of aromatic nitrogens is 1. The first-order valence-corrected chi connectivity index (χ1v) is 10.8. The van der Waals surface area contributed by atoms with Gasteiger partial charge < -0.3 is 9.42 Å². The molecule has 2 aliphatic rings. The summed E-state index contributed by atoms with van der Waals surface area (Å²) in [7, 11) is 0. The summed E-state index contributed by atoms with van der Waals surface area (Å²) in [5.74, 6) is -0.352. The van der Waals surface area contributed by atoms with Crippen molar-refractivity contribution in [3.63, 3.8) is 0 Å². The molecule has 0 radical (unpaired) electrons. The summed E-state index contributed by atoms with van der Waals surface area (Å²) in [6.45, 7) is 3.34. The molecule has 0 spiro atoms. The van der Waals surface area contributed by atoms with Crippen molar-refractivity contribution in [2.24, 2.45) is 0 Å². The summed E-state index contributed by atoms with van der Waals surface area (Å²) >= 11 is 0. The number of carbonyl (C=O) groups is 2. The van der Waals surface area contributed by atoms with E-state index in [1.54, 1.807) is 30.3 Å². The van der Waals surface area contributed by atoms with Crippen LogP contribution in [0.25, 0.3) is 11.0 Å². The average Bonchev–Trinajstić information content (AvgIpc) is 3.31. The van der Waals surface area contributed by atoms with Crippen LogP contribution in [0.3, 0.4) is 0 Å². The Bertz CT molecular complexity index is 1110. The van der Waals surface area contributed by atoms with Crippen LogP contribution in [0.4, 0.5) is 4.39 Å². The third-order valence-electron chi connectivity index (χ3n) is 6.42. The molecule has 1 saturated heterocycles. The lowest BCUT2D eigenvalue weighted by Gasteiger charge is -2.31. The number of rotatable bonds is 6. The van der Waals surface area contributed by atoms with Crippen LogP contribution in [0.1, 0.15) is 58.0 Å². The maximum atomic E-state index is 13.4. The van der Waals surface area contributed by atoms with E-state index in [0.717, 1.165) is 56.4 Å². The van der Waals surface area contributed by atoms with Crippen molar-refractivity contribution in [3.8, 4) is 0 Å². The molecule has 3 aromatic rings. The van der Waals surface area contributed by atoms with E-state index in [0.29, 0.717) is 29.2 Å². The molecule has 0 saturated carbocycles.